The molecule has 0 bridgehead atoms. The second-order valence-electron chi connectivity index (χ2n) is 3.20. The normalized spacial score (nSPS) is 13.1. The van der Waals surface area contributed by atoms with E-state index in [1.165, 1.54) is 6.07 Å². The van der Waals surface area contributed by atoms with Crippen molar-refractivity contribution >= 4 is 11.6 Å². The second-order valence-corrected chi connectivity index (χ2v) is 3.58. The predicted octanol–water partition coefficient (Wildman–Crippen LogP) is 3.15. The quantitative estimate of drug-likeness (QED) is 0.742. The summed E-state index contributed by atoms with van der Waals surface area (Å²) in [5.74, 6) is -0.472. The molecular weight excluding hydrogens is 191 g/mol. The number of aliphatic hydroxyl groups is 1. The molecule has 0 saturated heterocycles. The minimum atomic E-state index is -0.734. The van der Waals surface area contributed by atoms with Gasteiger partial charge in [0.05, 0.1) is 11.1 Å². The minimum absolute atomic E-state index is 0.0260. The molecule has 0 spiro atoms. The summed E-state index contributed by atoms with van der Waals surface area (Å²) < 4.78 is 13.1. The van der Waals surface area contributed by atoms with E-state index in [9.17, 15) is 9.50 Å². The Morgan fingerprint density at radius 2 is 2.00 bits per heavy atom. The van der Waals surface area contributed by atoms with Crippen molar-refractivity contribution in [3.8, 4) is 0 Å². The first-order valence-corrected chi connectivity index (χ1v) is 4.46. The monoisotopic (exact) mass is 202 g/mol. The van der Waals surface area contributed by atoms with Crippen LogP contribution in [0.2, 0.25) is 5.02 Å². The third-order valence-corrected chi connectivity index (χ3v) is 2.59. The predicted molar refractivity (Wildman–Crippen MR) is 51.5 cm³/mol. The number of aliphatic hydroxyl groups excluding tert-OH is 1. The van der Waals surface area contributed by atoms with Gasteiger partial charge in [0.1, 0.15) is 5.82 Å². The molecule has 1 N–H and O–H groups in total. The molecule has 0 amide bonds. The Morgan fingerprint density at radius 1 is 1.46 bits per heavy atom. The van der Waals surface area contributed by atoms with Gasteiger partial charge in [-0.3, -0.25) is 0 Å². The Morgan fingerprint density at radius 3 is 2.46 bits per heavy atom. The molecule has 1 atom stereocenters. The van der Waals surface area contributed by atoms with Crippen LogP contribution in [0.5, 0.6) is 0 Å². The molecule has 0 aliphatic carbocycles. The van der Waals surface area contributed by atoms with Crippen molar-refractivity contribution in [2.75, 3.05) is 0 Å². The minimum Gasteiger partial charge on any atom is -0.389 e. The molecule has 1 aromatic rings. The Balaban J connectivity index is 3.46. The van der Waals surface area contributed by atoms with Crippen LogP contribution in [0.4, 0.5) is 4.39 Å². The molecule has 0 fully saturated rings. The standard InChI is InChI=1S/C10H12ClFO/c1-5-4-8(12)10(11)9(6(5)2)7(3)13/h4,7,13H,1-3H3. The van der Waals surface area contributed by atoms with Crippen LogP contribution in [-0.4, -0.2) is 5.11 Å². The van der Waals surface area contributed by atoms with Crippen molar-refractivity contribution in [2.45, 2.75) is 26.9 Å². The summed E-state index contributed by atoms with van der Waals surface area (Å²) in [6.07, 6.45) is -0.734. The molecule has 0 aromatic heterocycles. The molecule has 0 saturated carbocycles. The van der Waals surface area contributed by atoms with Crippen molar-refractivity contribution in [3.05, 3.63) is 33.6 Å². The van der Waals surface area contributed by atoms with E-state index in [2.05, 4.69) is 0 Å². The third-order valence-electron chi connectivity index (χ3n) is 2.20. The Kier molecular flexibility index (Phi) is 2.94. The fourth-order valence-corrected chi connectivity index (χ4v) is 1.72. The number of rotatable bonds is 1. The smallest absolute Gasteiger partial charge is 0.142 e. The van der Waals surface area contributed by atoms with Gasteiger partial charge in [-0.25, -0.2) is 4.39 Å². The molecule has 1 unspecified atom stereocenters. The summed E-state index contributed by atoms with van der Waals surface area (Å²) in [4.78, 5) is 0. The maximum Gasteiger partial charge on any atom is 0.142 e. The zero-order valence-corrected chi connectivity index (χ0v) is 8.61. The fourth-order valence-electron chi connectivity index (χ4n) is 1.36. The molecule has 1 aromatic carbocycles. The van der Waals surface area contributed by atoms with E-state index >= 15 is 0 Å². The summed E-state index contributed by atoms with van der Waals surface area (Å²) in [6.45, 7) is 5.19. The lowest BCUT2D eigenvalue weighted by Crippen LogP contribution is -2.00. The SMILES string of the molecule is Cc1cc(F)c(Cl)c(C(C)O)c1C. The second kappa shape index (κ2) is 3.64. The van der Waals surface area contributed by atoms with Crippen molar-refractivity contribution < 1.29 is 9.50 Å². The van der Waals surface area contributed by atoms with Gasteiger partial charge in [0, 0.05) is 5.56 Å². The lowest BCUT2D eigenvalue weighted by molar-refractivity contribution is 0.198. The van der Waals surface area contributed by atoms with Gasteiger partial charge in [-0.2, -0.15) is 0 Å². The highest BCUT2D eigenvalue weighted by Crippen LogP contribution is 2.30. The number of benzene rings is 1. The highest BCUT2D eigenvalue weighted by molar-refractivity contribution is 6.31. The van der Waals surface area contributed by atoms with Crippen molar-refractivity contribution in [3.63, 3.8) is 0 Å². The van der Waals surface area contributed by atoms with Crippen molar-refractivity contribution in [1.82, 2.24) is 0 Å². The molecule has 0 aliphatic heterocycles. The maximum atomic E-state index is 13.1. The van der Waals surface area contributed by atoms with Crippen LogP contribution < -0.4 is 0 Å². The molecule has 1 rings (SSSR count). The van der Waals surface area contributed by atoms with Crippen LogP contribution >= 0.6 is 11.6 Å². The van der Waals surface area contributed by atoms with Crippen LogP contribution in [0.25, 0.3) is 0 Å². The first-order chi connectivity index (χ1) is 5.95. The number of halogens is 2. The van der Waals surface area contributed by atoms with E-state index in [4.69, 9.17) is 11.6 Å². The maximum absolute atomic E-state index is 13.1. The van der Waals surface area contributed by atoms with Crippen molar-refractivity contribution in [2.24, 2.45) is 0 Å². The highest BCUT2D eigenvalue weighted by Gasteiger charge is 2.15. The van der Waals surface area contributed by atoms with Gasteiger partial charge >= 0.3 is 0 Å². The zero-order valence-electron chi connectivity index (χ0n) is 7.86. The first kappa shape index (κ1) is 10.5. The van der Waals surface area contributed by atoms with Gasteiger partial charge in [-0.05, 0) is 38.0 Å². The summed E-state index contributed by atoms with van der Waals surface area (Å²) in [7, 11) is 0. The topological polar surface area (TPSA) is 20.2 Å². The van der Waals surface area contributed by atoms with Gasteiger partial charge in [0.15, 0.2) is 0 Å². The summed E-state index contributed by atoms with van der Waals surface area (Å²) >= 11 is 5.73. The van der Waals surface area contributed by atoms with E-state index in [0.717, 1.165) is 11.1 Å². The van der Waals surface area contributed by atoms with E-state index in [1.54, 1.807) is 13.8 Å². The van der Waals surface area contributed by atoms with Crippen LogP contribution in [-0.2, 0) is 0 Å². The summed E-state index contributed by atoms with van der Waals surface area (Å²) in [6, 6.07) is 1.38. The largest absolute Gasteiger partial charge is 0.389 e. The molecule has 0 heterocycles. The van der Waals surface area contributed by atoms with Gasteiger partial charge in [0.2, 0.25) is 0 Å². The van der Waals surface area contributed by atoms with Crippen LogP contribution in [0.15, 0.2) is 6.07 Å². The van der Waals surface area contributed by atoms with Gasteiger partial charge in [-0.15, -0.1) is 0 Å². The summed E-state index contributed by atoms with van der Waals surface area (Å²) in [5.41, 5.74) is 2.14. The van der Waals surface area contributed by atoms with Gasteiger partial charge in [-0.1, -0.05) is 11.6 Å². The van der Waals surface area contributed by atoms with Crippen LogP contribution in [0.3, 0.4) is 0 Å². The zero-order chi connectivity index (χ0) is 10.2. The van der Waals surface area contributed by atoms with Crippen LogP contribution in [0, 0.1) is 19.7 Å². The third kappa shape index (κ3) is 1.84. The molecule has 72 valence electrons. The Labute approximate surface area is 82.2 Å². The Bertz CT molecular complexity index is 308. The molecule has 0 aliphatic rings. The van der Waals surface area contributed by atoms with Gasteiger partial charge in [0.25, 0.3) is 0 Å². The van der Waals surface area contributed by atoms with Gasteiger partial charge < -0.3 is 5.11 Å². The fraction of sp³-hybridized carbons (Fsp3) is 0.400. The molecule has 0 radical (unpaired) electrons. The van der Waals surface area contributed by atoms with Crippen molar-refractivity contribution in [1.29, 1.82) is 0 Å². The average molecular weight is 203 g/mol. The average Bonchev–Trinajstić information content (AvgIpc) is 2.01. The first-order valence-electron chi connectivity index (χ1n) is 4.08. The lowest BCUT2D eigenvalue weighted by Gasteiger charge is -2.14. The van der Waals surface area contributed by atoms with Crippen LogP contribution in [0.1, 0.15) is 29.7 Å². The molecule has 3 heteroatoms. The van der Waals surface area contributed by atoms with E-state index in [1.807, 2.05) is 6.92 Å². The molecule has 13 heavy (non-hydrogen) atoms. The van der Waals surface area contributed by atoms with E-state index in [0.29, 0.717) is 5.56 Å². The summed E-state index contributed by atoms with van der Waals surface area (Å²) in [5, 5.41) is 9.41. The van der Waals surface area contributed by atoms with E-state index < -0.39 is 11.9 Å². The number of aryl methyl sites for hydroxylation is 1. The number of hydrogen-bond donors (Lipinski definition) is 1. The molecule has 1 nitrogen and oxygen atoms in total. The number of hydrogen-bond acceptors (Lipinski definition) is 1. The molecular formula is C10H12ClFO. The highest BCUT2D eigenvalue weighted by atomic mass is 35.5. The van der Waals surface area contributed by atoms with E-state index in [-0.39, 0.29) is 5.02 Å². The Hall–Kier alpha value is -0.600. The lowest BCUT2D eigenvalue weighted by atomic mass is 9.99.